The molecule has 0 unspecified atom stereocenters. The van der Waals surface area contributed by atoms with E-state index in [1.54, 1.807) is 17.2 Å². The standard InChI is InChI=1S/C32H35F2N7O3/c1-32(2,3)44-31(43)39-17-15-38(16-18-39)23-9-7-22(8-10-23)36-30(42)25-20-35-41-14-12-28(37-29(25)41)40-13-4-5-27(40)24-19-21(33)6-11-26(24)34/h6-12,14,19-20,27H,4-5,13,15-18H2,1-3H3,(H,36,42)/t27-/m1/s1. The van der Waals surface area contributed by atoms with Gasteiger partial charge in [0.1, 0.15) is 28.6 Å². The first-order valence-corrected chi connectivity index (χ1v) is 14.8. The minimum Gasteiger partial charge on any atom is -0.444 e. The largest absolute Gasteiger partial charge is 0.444 e. The Morgan fingerprint density at radius 1 is 0.977 bits per heavy atom. The first-order chi connectivity index (χ1) is 21.1. The Hall–Kier alpha value is -4.74. The number of hydrogen-bond acceptors (Lipinski definition) is 7. The molecule has 1 atom stereocenters. The van der Waals surface area contributed by atoms with Crippen LogP contribution in [0.1, 0.15) is 55.6 Å². The van der Waals surface area contributed by atoms with Gasteiger partial charge >= 0.3 is 6.09 Å². The summed E-state index contributed by atoms with van der Waals surface area (Å²) in [6.45, 7) is 8.66. The normalized spacial score (nSPS) is 17.3. The lowest BCUT2D eigenvalue weighted by Crippen LogP contribution is -2.50. The fourth-order valence-electron chi connectivity index (χ4n) is 5.74. The van der Waals surface area contributed by atoms with Crippen molar-refractivity contribution in [2.24, 2.45) is 0 Å². The number of ether oxygens (including phenoxy) is 1. The summed E-state index contributed by atoms with van der Waals surface area (Å²) in [6, 6.07) is 12.4. The third-order valence-electron chi connectivity index (χ3n) is 7.88. The Kier molecular flexibility index (Phi) is 7.83. The molecule has 2 aromatic carbocycles. The number of halogens is 2. The van der Waals surface area contributed by atoms with Crippen molar-refractivity contribution < 1.29 is 23.1 Å². The topological polar surface area (TPSA) is 95.3 Å². The quantitative estimate of drug-likeness (QED) is 0.315. The summed E-state index contributed by atoms with van der Waals surface area (Å²) in [4.78, 5) is 36.3. The summed E-state index contributed by atoms with van der Waals surface area (Å²) in [6.07, 6.45) is 4.34. The van der Waals surface area contributed by atoms with Crippen LogP contribution in [-0.2, 0) is 4.74 Å². The second-order valence-corrected chi connectivity index (χ2v) is 12.1. The van der Waals surface area contributed by atoms with E-state index in [9.17, 15) is 18.4 Å². The second kappa shape index (κ2) is 11.7. The molecular formula is C32H35F2N7O3. The minimum absolute atomic E-state index is 0.293. The Morgan fingerprint density at radius 2 is 1.73 bits per heavy atom. The maximum atomic E-state index is 14.6. The number of amides is 2. The Labute approximate surface area is 254 Å². The van der Waals surface area contributed by atoms with Gasteiger partial charge in [-0.2, -0.15) is 5.10 Å². The summed E-state index contributed by atoms with van der Waals surface area (Å²) in [5.41, 5.74) is 2.03. The highest BCUT2D eigenvalue weighted by Gasteiger charge is 2.30. The smallest absolute Gasteiger partial charge is 0.410 e. The number of nitrogens with one attached hydrogen (secondary N) is 1. The van der Waals surface area contributed by atoms with E-state index in [1.807, 2.05) is 49.9 Å². The van der Waals surface area contributed by atoms with E-state index in [0.29, 0.717) is 67.4 Å². The van der Waals surface area contributed by atoms with Crippen molar-refractivity contribution in [2.75, 3.05) is 47.8 Å². The molecule has 0 aliphatic carbocycles. The van der Waals surface area contributed by atoms with Gasteiger partial charge in [-0.25, -0.2) is 23.1 Å². The van der Waals surface area contributed by atoms with Gasteiger partial charge in [0, 0.05) is 55.9 Å². The van der Waals surface area contributed by atoms with Crippen molar-refractivity contribution in [3.05, 3.63) is 83.7 Å². The van der Waals surface area contributed by atoms with Crippen molar-refractivity contribution in [2.45, 2.75) is 45.3 Å². The maximum absolute atomic E-state index is 14.6. The van der Waals surface area contributed by atoms with Gasteiger partial charge in [0.15, 0.2) is 5.65 Å². The third kappa shape index (κ3) is 6.15. The molecule has 0 spiro atoms. The number of piperazine rings is 1. The first kappa shape index (κ1) is 29.3. The second-order valence-electron chi connectivity index (χ2n) is 12.1. The van der Waals surface area contributed by atoms with Gasteiger partial charge in [-0.15, -0.1) is 0 Å². The highest BCUT2D eigenvalue weighted by atomic mass is 19.1. The molecule has 10 nitrogen and oxygen atoms in total. The van der Waals surface area contributed by atoms with Crippen molar-refractivity contribution in [1.82, 2.24) is 19.5 Å². The van der Waals surface area contributed by atoms with Crippen LogP contribution in [0.3, 0.4) is 0 Å². The Balaban J connectivity index is 1.12. The van der Waals surface area contributed by atoms with Crippen molar-refractivity contribution in [1.29, 1.82) is 0 Å². The van der Waals surface area contributed by atoms with Crippen LogP contribution in [-0.4, -0.2) is 69.8 Å². The molecule has 4 heterocycles. The molecule has 2 saturated heterocycles. The number of carbonyl (C=O) groups is 2. The molecule has 6 rings (SSSR count). The number of fused-ring (bicyclic) bond motifs is 1. The summed E-state index contributed by atoms with van der Waals surface area (Å²) in [5, 5.41) is 7.21. The van der Waals surface area contributed by atoms with E-state index in [-0.39, 0.29) is 18.0 Å². The maximum Gasteiger partial charge on any atom is 0.410 e. The zero-order valence-electron chi connectivity index (χ0n) is 25.0. The van der Waals surface area contributed by atoms with Crippen LogP contribution < -0.4 is 15.1 Å². The average Bonchev–Trinajstić information content (AvgIpc) is 3.65. The molecular weight excluding hydrogens is 568 g/mol. The summed E-state index contributed by atoms with van der Waals surface area (Å²) in [7, 11) is 0. The molecule has 2 aromatic heterocycles. The number of rotatable bonds is 5. The predicted molar refractivity (Wildman–Crippen MR) is 163 cm³/mol. The highest BCUT2D eigenvalue weighted by Crippen LogP contribution is 2.37. The number of carbonyl (C=O) groups excluding carboxylic acids is 2. The number of benzene rings is 2. The number of aromatic nitrogens is 3. The van der Waals surface area contributed by atoms with E-state index in [0.717, 1.165) is 24.2 Å². The average molecular weight is 604 g/mol. The van der Waals surface area contributed by atoms with Crippen LogP contribution in [0.5, 0.6) is 0 Å². The number of nitrogens with zero attached hydrogens (tertiary/aromatic N) is 6. The van der Waals surface area contributed by atoms with E-state index >= 15 is 0 Å². The molecule has 0 bridgehead atoms. The molecule has 2 aliphatic rings. The molecule has 0 radical (unpaired) electrons. The predicted octanol–water partition coefficient (Wildman–Crippen LogP) is 5.66. The minimum atomic E-state index is -0.530. The fraction of sp³-hybridized carbons (Fsp3) is 0.375. The summed E-state index contributed by atoms with van der Waals surface area (Å²) >= 11 is 0. The molecule has 230 valence electrons. The van der Waals surface area contributed by atoms with Crippen LogP contribution >= 0.6 is 0 Å². The van der Waals surface area contributed by atoms with E-state index in [1.165, 1.54) is 16.8 Å². The van der Waals surface area contributed by atoms with Gasteiger partial charge in [-0.3, -0.25) is 4.79 Å². The highest BCUT2D eigenvalue weighted by molar-refractivity contribution is 6.08. The summed E-state index contributed by atoms with van der Waals surface area (Å²) in [5.74, 6) is -0.741. The van der Waals surface area contributed by atoms with Crippen molar-refractivity contribution >= 4 is 34.8 Å². The monoisotopic (exact) mass is 603 g/mol. The molecule has 4 aromatic rings. The lowest BCUT2D eigenvalue weighted by molar-refractivity contribution is 0.0240. The SMILES string of the molecule is CC(C)(C)OC(=O)N1CCN(c2ccc(NC(=O)c3cnn4ccc(N5CCC[C@@H]5c5cc(F)ccc5F)nc34)cc2)CC1. The molecule has 0 saturated carbocycles. The van der Waals surface area contributed by atoms with Gasteiger partial charge in [0.05, 0.1) is 12.2 Å². The van der Waals surface area contributed by atoms with Crippen molar-refractivity contribution in [3.63, 3.8) is 0 Å². The molecule has 2 fully saturated rings. The van der Waals surface area contributed by atoms with Gasteiger partial charge in [-0.05, 0) is 82.1 Å². The Morgan fingerprint density at radius 3 is 2.45 bits per heavy atom. The van der Waals surface area contributed by atoms with E-state index < -0.39 is 17.2 Å². The van der Waals surface area contributed by atoms with Gasteiger partial charge in [-0.1, -0.05) is 0 Å². The van der Waals surface area contributed by atoms with Crippen LogP contribution in [0.15, 0.2) is 60.9 Å². The molecule has 12 heteroatoms. The van der Waals surface area contributed by atoms with E-state index in [4.69, 9.17) is 9.72 Å². The molecule has 44 heavy (non-hydrogen) atoms. The zero-order chi connectivity index (χ0) is 31.0. The lowest BCUT2D eigenvalue weighted by Gasteiger charge is -2.36. The molecule has 1 N–H and O–H groups in total. The summed E-state index contributed by atoms with van der Waals surface area (Å²) < 4.78 is 35.6. The van der Waals surface area contributed by atoms with Gasteiger partial charge in [0.2, 0.25) is 0 Å². The Bertz CT molecular complexity index is 1680. The van der Waals surface area contributed by atoms with Gasteiger partial charge < -0.3 is 24.8 Å². The van der Waals surface area contributed by atoms with Crippen molar-refractivity contribution in [3.8, 4) is 0 Å². The van der Waals surface area contributed by atoms with Crippen LogP contribution in [0.2, 0.25) is 0 Å². The number of hydrogen-bond donors (Lipinski definition) is 1. The van der Waals surface area contributed by atoms with Gasteiger partial charge in [0.25, 0.3) is 5.91 Å². The van der Waals surface area contributed by atoms with Crippen LogP contribution in [0, 0.1) is 11.6 Å². The van der Waals surface area contributed by atoms with Crippen LogP contribution in [0.25, 0.3) is 5.65 Å². The third-order valence-corrected chi connectivity index (χ3v) is 7.88. The molecule has 2 amide bonds. The van der Waals surface area contributed by atoms with E-state index in [2.05, 4.69) is 15.3 Å². The fourth-order valence-corrected chi connectivity index (χ4v) is 5.74. The van der Waals surface area contributed by atoms with Crippen LogP contribution in [0.4, 0.5) is 30.8 Å². The first-order valence-electron chi connectivity index (χ1n) is 14.8. The molecule has 2 aliphatic heterocycles. The number of anilines is 3. The lowest BCUT2D eigenvalue weighted by atomic mass is 10.0. The zero-order valence-corrected chi connectivity index (χ0v) is 25.0.